The zero-order valence-electron chi connectivity index (χ0n) is 6.73. The Kier molecular flexibility index (Phi) is 9.30. The van der Waals surface area contributed by atoms with Crippen LogP contribution in [0, 0.1) is 0 Å². The number of rotatable bonds is 2. The van der Waals surface area contributed by atoms with Crippen molar-refractivity contribution >= 4 is 25.3 Å². The molecule has 1 unspecified atom stereocenters. The predicted octanol–water partition coefficient (Wildman–Crippen LogP) is 0.262. The normalized spacial score (nSPS) is 13.4. The maximum absolute atomic E-state index is 8.28. The van der Waals surface area contributed by atoms with Gasteiger partial charge < -0.3 is 15.3 Å². The van der Waals surface area contributed by atoms with E-state index in [4.69, 9.17) is 15.3 Å². The lowest BCUT2D eigenvalue weighted by Gasteiger charge is -2.08. The Morgan fingerprint density at radius 3 is 1.64 bits per heavy atom. The lowest BCUT2D eigenvalue weighted by atomic mass is 10.5. The molecule has 0 fully saturated rings. The lowest BCUT2D eigenvalue weighted by Crippen LogP contribution is -2.16. The Morgan fingerprint density at radius 2 is 1.64 bits per heavy atom. The van der Waals surface area contributed by atoms with Crippen molar-refractivity contribution in [3.63, 3.8) is 0 Å². The van der Waals surface area contributed by atoms with Gasteiger partial charge in [-0.05, 0) is 6.92 Å². The Morgan fingerprint density at radius 1 is 1.45 bits per heavy atom. The van der Waals surface area contributed by atoms with E-state index in [9.17, 15) is 0 Å². The molecule has 0 aromatic rings. The van der Waals surface area contributed by atoms with Crippen LogP contribution in [0.5, 0.6) is 0 Å². The number of aliphatic hydroxyl groups is 3. The highest BCUT2D eigenvalue weighted by molar-refractivity contribution is 7.81. The van der Waals surface area contributed by atoms with Crippen LogP contribution in [-0.2, 0) is 0 Å². The largest absolute Gasteiger partial charge is 0.393 e. The molecule has 0 bridgehead atoms. The van der Waals surface area contributed by atoms with Gasteiger partial charge in [0.25, 0.3) is 0 Å². The molecular formula is C6H16O3S2. The van der Waals surface area contributed by atoms with Gasteiger partial charge >= 0.3 is 0 Å². The number of aliphatic hydroxyl groups excluding tert-OH is 1. The second kappa shape index (κ2) is 7.24. The fraction of sp³-hybridized carbons (Fsp3) is 1.00. The summed E-state index contributed by atoms with van der Waals surface area (Å²) in [4.78, 5) is 0. The minimum Gasteiger partial charge on any atom is -0.393 e. The molecule has 0 amide bonds. The third-order valence-corrected chi connectivity index (χ3v) is 1.58. The van der Waals surface area contributed by atoms with Crippen molar-refractivity contribution in [1.29, 1.82) is 0 Å². The number of hydrogen-bond donors (Lipinski definition) is 5. The van der Waals surface area contributed by atoms with Crippen LogP contribution in [0.3, 0.4) is 0 Å². The monoisotopic (exact) mass is 200 g/mol. The van der Waals surface area contributed by atoms with Crippen molar-refractivity contribution in [3.05, 3.63) is 0 Å². The molecule has 0 saturated heterocycles. The van der Waals surface area contributed by atoms with E-state index in [-0.39, 0.29) is 12.5 Å². The molecule has 0 saturated carbocycles. The molecule has 11 heavy (non-hydrogen) atoms. The molecule has 5 heteroatoms. The van der Waals surface area contributed by atoms with Crippen molar-refractivity contribution in [2.24, 2.45) is 0 Å². The molecular weight excluding hydrogens is 184 g/mol. The maximum atomic E-state index is 8.28. The van der Waals surface area contributed by atoms with E-state index in [1.165, 1.54) is 0 Å². The molecule has 0 aliphatic rings. The van der Waals surface area contributed by atoms with E-state index < -0.39 is 5.12 Å². The first-order chi connectivity index (χ1) is 4.83. The second-order valence-corrected chi connectivity index (χ2v) is 3.24. The van der Waals surface area contributed by atoms with Crippen LogP contribution < -0.4 is 0 Å². The van der Waals surface area contributed by atoms with E-state index in [0.717, 1.165) is 0 Å². The van der Waals surface area contributed by atoms with Gasteiger partial charge in [0.15, 0.2) is 0 Å². The average Bonchev–Trinajstić information content (AvgIpc) is 1.88. The minimum absolute atomic E-state index is 0.246. The highest BCUT2D eigenvalue weighted by Crippen LogP contribution is 2.07. The van der Waals surface area contributed by atoms with E-state index >= 15 is 0 Å². The molecule has 0 aromatic carbocycles. The van der Waals surface area contributed by atoms with E-state index in [0.29, 0.717) is 5.75 Å². The van der Waals surface area contributed by atoms with E-state index in [2.05, 4.69) is 25.3 Å². The SMILES string of the molecule is CC(O)CS.CCC(O)(O)S. The minimum atomic E-state index is -1.76. The van der Waals surface area contributed by atoms with Crippen molar-refractivity contribution < 1.29 is 15.3 Å². The summed E-state index contributed by atoms with van der Waals surface area (Å²) in [5.41, 5.74) is 0. The van der Waals surface area contributed by atoms with Gasteiger partial charge in [-0.25, -0.2) is 0 Å². The molecule has 1 atom stereocenters. The molecule has 70 valence electrons. The van der Waals surface area contributed by atoms with Crippen LogP contribution in [0.15, 0.2) is 0 Å². The third-order valence-electron chi connectivity index (χ3n) is 0.739. The summed E-state index contributed by atoms with van der Waals surface area (Å²) in [7, 11) is 0. The molecule has 0 aliphatic carbocycles. The third kappa shape index (κ3) is 25.0. The predicted molar refractivity (Wildman–Crippen MR) is 52.0 cm³/mol. The smallest absolute Gasteiger partial charge is 0.209 e. The van der Waals surface area contributed by atoms with Crippen molar-refractivity contribution in [2.45, 2.75) is 31.5 Å². The fourth-order valence-electron chi connectivity index (χ4n) is 0. The van der Waals surface area contributed by atoms with E-state index in [1.54, 1.807) is 13.8 Å². The number of hydrogen-bond acceptors (Lipinski definition) is 5. The second-order valence-electron chi connectivity index (χ2n) is 2.16. The van der Waals surface area contributed by atoms with Crippen LogP contribution in [-0.4, -0.2) is 32.3 Å². The summed E-state index contributed by atoms with van der Waals surface area (Å²) in [6.07, 6.45) is -0.00540. The standard InChI is InChI=1S/C3H8O2S.C3H8OS/c1-2-3(4,5)6;1-3(4)2-5/h4-6H,2H2,1H3;3-5H,2H2,1H3. The molecule has 0 spiro atoms. The first-order valence-corrected chi connectivity index (χ1v) is 4.37. The first kappa shape index (κ1) is 14.1. The van der Waals surface area contributed by atoms with Crippen molar-refractivity contribution in [1.82, 2.24) is 0 Å². The van der Waals surface area contributed by atoms with Crippen LogP contribution in [0.25, 0.3) is 0 Å². The zero-order valence-corrected chi connectivity index (χ0v) is 8.52. The fourth-order valence-corrected chi connectivity index (χ4v) is 0. The van der Waals surface area contributed by atoms with Crippen molar-refractivity contribution in [2.75, 3.05) is 5.75 Å². The Bertz CT molecular complexity index is 80.4. The molecule has 0 aromatic heterocycles. The maximum Gasteiger partial charge on any atom is 0.209 e. The summed E-state index contributed by atoms with van der Waals surface area (Å²) in [6.45, 7) is 3.33. The van der Waals surface area contributed by atoms with Crippen molar-refractivity contribution in [3.8, 4) is 0 Å². The van der Waals surface area contributed by atoms with Gasteiger partial charge in [-0.15, -0.1) is 12.6 Å². The molecule has 0 rings (SSSR count). The molecule has 0 aliphatic heterocycles. The summed E-state index contributed by atoms with van der Waals surface area (Å²) >= 11 is 7.13. The van der Waals surface area contributed by atoms with Gasteiger partial charge in [-0.1, -0.05) is 6.92 Å². The molecule has 0 radical (unpaired) electrons. The van der Waals surface area contributed by atoms with Gasteiger partial charge in [0, 0.05) is 12.2 Å². The quantitative estimate of drug-likeness (QED) is 0.328. The number of thiol groups is 2. The topological polar surface area (TPSA) is 60.7 Å². The summed E-state index contributed by atoms with van der Waals surface area (Å²) in [5.74, 6) is 0.556. The van der Waals surface area contributed by atoms with Crippen LogP contribution >= 0.6 is 25.3 Å². The summed E-state index contributed by atoms with van der Waals surface area (Å²) < 4.78 is 0. The molecule has 3 nitrogen and oxygen atoms in total. The Hall–Kier alpha value is 0.580. The van der Waals surface area contributed by atoms with Gasteiger partial charge in [0.1, 0.15) is 0 Å². The van der Waals surface area contributed by atoms with Crippen LogP contribution in [0.2, 0.25) is 0 Å². The van der Waals surface area contributed by atoms with E-state index in [1.807, 2.05) is 0 Å². The van der Waals surface area contributed by atoms with Crippen LogP contribution in [0.1, 0.15) is 20.3 Å². The van der Waals surface area contributed by atoms with Gasteiger partial charge in [0.2, 0.25) is 5.12 Å². The van der Waals surface area contributed by atoms with Gasteiger partial charge in [0.05, 0.1) is 6.10 Å². The van der Waals surface area contributed by atoms with Crippen LogP contribution in [0.4, 0.5) is 0 Å². The highest BCUT2D eigenvalue weighted by atomic mass is 32.1. The zero-order chi connectivity index (χ0) is 9.49. The van der Waals surface area contributed by atoms with Gasteiger partial charge in [-0.2, -0.15) is 12.6 Å². The summed E-state index contributed by atoms with van der Waals surface area (Å²) in [5, 5.41) is 23.0. The molecule has 0 heterocycles. The Labute approximate surface area is 78.3 Å². The average molecular weight is 200 g/mol. The van der Waals surface area contributed by atoms with Gasteiger partial charge in [-0.3, -0.25) is 0 Å². The Balaban J connectivity index is 0. The highest BCUT2D eigenvalue weighted by Gasteiger charge is 2.10. The first-order valence-electron chi connectivity index (χ1n) is 3.29. The lowest BCUT2D eigenvalue weighted by molar-refractivity contribution is -0.0754. The summed E-state index contributed by atoms with van der Waals surface area (Å²) in [6, 6.07) is 0. The molecule has 3 N–H and O–H groups in total.